The van der Waals surface area contributed by atoms with Gasteiger partial charge in [0.05, 0.1) is 19.4 Å². The minimum absolute atomic E-state index is 0.100. The Morgan fingerprint density at radius 1 is 1.16 bits per heavy atom. The van der Waals surface area contributed by atoms with Crippen LogP contribution in [0.15, 0.2) is 35.1 Å². The molecule has 1 aromatic heterocycles. The van der Waals surface area contributed by atoms with Gasteiger partial charge in [-0.2, -0.15) is 0 Å². The Morgan fingerprint density at radius 3 is 2.57 bits per heavy atom. The van der Waals surface area contributed by atoms with Crippen LogP contribution in [0.25, 0.3) is 0 Å². The van der Waals surface area contributed by atoms with Gasteiger partial charge in [0, 0.05) is 31.1 Å². The molecular formula is C29H44N4O4. The maximum absolute atomic E-state index is 13.8. The molecule has 1 unspecified atom stereocenters. The molecule has 8 heteroatoms. The zero-order valence-electron chi connectivity index (χ0n) is 22.8. The van der Waals surface area contributed by atoms with Crippen LogP contribution in [0.5, 0.6) is 0 Å². The van der Waals surface area contributed by atoms with E-state index >= 15 is 0 Å². The standard InChI is InChI=1S/C29H44N4O4/c1-5-10-26(34)30-24-18-33(29(36)25-13-9-14-37-25)27-19-31(16-22-11-7-6-8-12-22)21(4)23(15-20(2)3)17-32(27)28(24)35/h9,13-14,20,22-24,27H,4-8,10-12,15-19H2,1-3H3,(H,30,34)/t23-,24+,27?/m1/s1. The third-order valence-electron chi connectivity index (χ3n) is 8.12. The summed E-state index contributed by atoms with van der Waals surface area (Å²) in [4.78, 5) is 45.9. The number of carbonyl (C=O) groups excluding carboxylic acids is 3. The normalized spacial score (nSPS) is 25.3. The Balaban J connectivity index is 1.67. The van der Waals surface area contributed by atoms with Crippen LogP contribution >= 0.6 is 0 Å². The molecule has 3 heterocycles. The van der Waals surface area contributed by atoms with Crippen molar-refractivity contribution in [1.82, 2.24) is 20.0 Å². The summed E-state index contributed by atoms with van der Waals surface area (Å²) in [5.74, 6) is 0.854. The van der Waals surface area contributed by atoms with E-state index in [2.05, 4.69) is 30.6 Å². The molecule has 3 fully saturated rings. The predicted molar refractivity (Wildman–Crippen MR) is 142 cm³/mol. The van der Waals surface area contributed by atoms with Crippen LogP contribution in [0, 0.1) is 17.8 Å². The van der Waals surface area contributed by atoms with Gasteiger partial charge in [0.1, 0.15) is 12.2 Å². The van der Waals surface area contributed by atoms with Gasteiger partial charge in [-0.3, -0.25) is 14.4 Å². The molecule has 4 rings (SSSR count). The highest BCUT2D eigenvalue weighted by atomic mass is 16.3. The molecule has 3 atom stereocenters. The molecule has 1 N–H and O–H groups in total. The summed E-state index contributed by atoms with van der Waals surface area (Å²) in [6.07, 6.45) is 9.25. The summed E-state index contributed by atoms with van der Waals surface area (Å²) in [7, 11) is 0. The van der Waals surface area contributed by atoms with E-state index in [-0.39, 0.29) is 35.9 Å². The lowest BCUT2D eigenvalue weighted by Gasteiger charge is -2.46. The Labute approximate surface area is 221 Å². The quantitative estimate of drug-likeness (QED) is 0.563. The largest absolute Gasteiger partial charge is 0.459 e. The molecule has 0 bridgehead atoms. The fourth-order valence-corrected chi connectivity index (χ4v) is 6.25. The molecule has 1 saturated carbocycles. The van der Waals surface area contributed by atoms with Crippen molar-refractivity contribution in [3.05, 3.63) is 36.4 Å². The minimum Gasteiger partial charge on any atom is -0.459 e. The van der Waals surface area contributed by atoms with Crippen molar-refractivity contribution in [2.75, 3.05) is 26.2 Å². The Bertz CT molecular complexity index is 953. The van der Waals surface area contributed by atoms with E-state index < -0.39 is 12.2 Å². The lowest BCUT2D eigenvalue weighted by molar-refractivity contribution is -0.148. The lowest BCUT2D eigenvalue weighted by Crippen LogP contribution is -2.68. The van der Waals surface area contributed by atoms with Crippen LogP contribution in [0.2, 0.25) is 0 Å². The monoisotopic (exact) mass is 512 g/mol. The third-order valence-corrected chi connectivity index (χ3v) is 8.12. The molecule has 8 nitrogen and oxygen atoms in total. The van der Waals surface area contributed by atoms with Gasteiger partial charge in [0.15, 0.2) is 5.76 Å². The van der Waals surface area contributed by atoms with Gasteiger partial charge < -0.3 is 24.4 Å². The van der Waals surface area contributed by atoms with Crippen LogP contribution in [0.3, 0.4) is 0 Å². The number of furan rings is 1. The second-order valence-electron chi connectivity index (χ2n) is 11.5. The molecule has 37 heavy (non-hydrogen) atoms. The number of rotatable bonds is 8. The second-order valence-corrected chi connectivity index (χ2v) is 11.5. The molecule has 0 spiro atoms. The number of fused-ring (bicyclic) bond motifs is 1. The van der Waals surface area contributed by atoms with Crippen LogP contribution < -0.4 is 5.32 Å². The van der Waals surface area contributed by atoms with E-state index in [1.54, 1.807) is 17.0 Å². The molecule has 0 radical (unpaired) electrons. The first-order valence-corrected chi connectivity index (χ1v) is 14.2. The Morgan fingerprint density at radius 2 is 1.92 bits per heavy atom. The highest BCUT2D eigenvalue weighted by molar-refractivity contribution is 5.95. The second kappa shape index (κ2) is 12.2. The van der Waals surface area contributed by atoms with Gasteiger partial charge >= 0.3 is 0 Å². The van der Waals surface area contributed by atoms with E-state index in [1.165, 1.54) is 38.4 Å². The molecule has 3 aliphatic rings. The van der Waals surface area contributed by atoms with Crippen molar-refractivity contribution in [3.63, 3.8) is 0 Å². The fraction of sp³-hybridized carbons (Fsp3) is 0.690. The summed E-state index contributed by atoms with van der Waals surface area (Å²) < 4.78 is 5.47. The average molecular weight is 513 g/mol. The van der Waals surface area contributed by atoms with Crippen LogP contribution in [0.4, 0.5) is 0 Å². The molecule has 1 aliphatic carbocycles. The van der Waals surface area contributed by atoms with Crippen molar-refractivity contribution in [1.29, 1.82) is 0 Å². The van der Waals surface area contributed by atoms with Gasteiger partial charge in [-0.15, -0.1) is 0 Å². The summed E-state index contributed by atoms with van der Waals surface area (Å²) in [5.41, 5.74) is 1.07. The molecule has 204 valence electrons. The van der Waals surface area contributed by atoms with Crippen LogP contribution in [-0.2, 0) is 9.59 Å². The molecule has 2 saturated heterocycles. The topological polar surface area (TPSA) is 86.1 Å². The van der Waals surface area contributed by atoms with Crippen molar-refractivity contribution in [2.24, 2.45) is 17.8 Å². The van der Waals surface area contributed by atoms with E-state index in [9.17, 15) is 14.4 Å². The Kier molecular flexibility index (Phi) is 8.98. The first-order valence-electron chi connectivity index (χ1n) is 14.2. The highest BCUT2D eigenvalue weighted by Gasteiger charge is 2.47. The van der Waals surface area contributed by atoms with Gasteiger partial charge in [0.25, 0.3) is 5.91 Å². The van der Waals surface area contributed by atoms with Gasteiger partial charge in [-0.25, -0.2) is 0 Å². The summed E-state index contributed by atoms with van der Waals surface area (Å²) in [6, 6.07) is 2.58. The van der Waals surface area contributed by atoms with Gasteiger partial charge in [-0.1, -0.05) is 46.6 Å². The first-order chi connectivity index (χ1) is 17.8. The van der Waals surface area contributed by atoms with Crippen molar-refractivity contribution in [3.8, 4) is 0 Å². The summed E-state index contributed by atoms with van der Waals surface area (Å²) >= 11 is 0. The van der Waals surface area contributed by atoms with Crippen molar-refractivity contribution in [2.45, 2.75) is 84.3 Å². The molecule has 3 amide bonds. The zero-order chi connectivity index (χ0) is 26.5. The van der Waals surface area contributed by atoms with E-state index in [4.69, 9.17) is 4.42 Å². The van der Waals surface area contributed by atoms with Crippen LogP contribution in [0.1, 0.15) is 82.7 Å². The number of carbonyl (C=O) groups is 3. The smallest absolute Gasteiger partial charge is 0.291 e. The maximum atomic E-state index is 13.8. The SMILES string of the molecule is C=C1[C@H](CC(C)C)CN2C(=O)[C@@H](NC(=O)CCC)CN(C(=O)c3ccco3)C2CN1CC1CCCCC1. The van der Waals surface area contributed by atoms with Gasteiger partial charge in [-0.05, 0) is 49.7 Å². The van der Waals surface area contributed by atoms with Gasteiger partial charge in [0.2, 0.25) is 11.8 Å². The average Bonchev–Trinajstić information content (AvgIpc) is 3.37. The van der Waals surface area contributed by atoms with E-state index in [0.29, 0.717) is 37.8 Å². The number of amides is 3. The minimum atomic E-state index is -0.771. The van der Waals surface area contributed by atoms with Crippen molar-refractivity contribution < 1.29 is 18.8 Å². The maximum Gasteiger partial charge on any atom is 0.291 e. The van der Waals surface area contributed by atoms with Crippen molar-refractivity contribution >= 4 is 17.7 Å². The molecule has 1 aromatic rings. The molecule has 0 aromatic carbocycles. The third kappa shape index (κ3) is 6.39. The number of hydrogen-bond acceptors (Lipinski definition) is 5. The zero-order valence-corrected chi connectivity index (χ0v) is 22.8. The Hall–Kier alpha value is -2.77. The lowest BCUT2D eigenvalue weighted by atomic mass is 9.88. The molecular weight excluding hydrogens is 468 g/mol. The highest BCUT2D eigenvalue weighted by Crippen LogP contribution is 2.34. The fourth-order valence-electron chi connectivity index (χ4n) is 6.25. The summed E-state index contributed by atoms with van der Waals surface area (Å²) in [6.45, 7) is 12.9. The predicted octanol–water partition coefficient (Wildman–Crippen LogP) is 4.25. The summed E-state index contributed by atoms with van der Waals surface area (Å²) in [5, 5.41) is 2.91. The number of nitrogens with one attached hydrogen (secondary N) is 1. The van der Waals surface area contributed by atoms with E-state index in [1.807, 2.05) is 11.8 Å². The first kappa shape index (κ1) is 27.3. The molecule has 2 aliphatic heterocycles. The van der Waals surface area contributed by atoms with Crippen LogP contribution in [-0.4, -0.2) is 70.8 Å². The number of nitrogens with zero attached hydrogens (tertiary/aromatic N) is 3. The number of hydrogen-bond donors (Lipinski definition) is 1. The van der Waals surface area contributed by atoms with E-state index in [0.717, 1.165) is 18.7 Å².